The highest BCUT2D eigenvalue weighted by atomic mass is 16.5. The van der Waals surface area contributed by atoms with Gasteiger partial charge in [0.25, 0.3) is 5.91 Å². The zero-order valence-corrected chi connectivity index (χ0v) is 15.3. The molecule has 2 aromatic rings. The monoisotopic (exact) mass is 368 g/mol. The number of rotatable bonds is 5. The average Bonchev–Trinajstić information content (AvgIpc) is 2.67. The molecule has 7 heteroatoms. The van der Waals surface area contributed by atoms with Crippen LogP contribution in [0.4, 0.5) is 11.4 Å². The number of methoxy groups -OCH3 is 1. The summed E-state index contributed by atoms with van der Waals surface area (Å²) >= 11 is 0. The highest BCUT2D eigenvalue weighted by Crippen LogP contribution is 2.34. The fraction of sp³-hybridized carbons (Fsp3) is 0.250. The van der Waals surface area contributed by atoms with E-state index in [2.05, 4.69) is 5.32 Å². The van der Waals surface area contributed by atoms with Crippen LogP contribution in [0.1, 0.15) is 24.2 Å². The summed E-state index contributed by atoms with van der Waals surface area (Å²) in [4.78, 5) is 38.2. The summed E-state index contributed by atoms with van der Waals surface area (Å²) in [5.74, 6) is 0.306. The third-order valence-corrected chi connectivity index (χ3v) is 4.37. The first-order chi connectivity index (χ1) is 12.9. The van der Waals surface area contributed by atoms with E-state index in [0.717, 1.165) is 0 Å². The lowest BCUT2D eigenvalue weighted by molar-refractivity contribution is -0.125. The topological polar surface area (TPSA) is 84.9 Å². The summed E-state index contributed by atoms with van der Waals surface area (Å²) in [6, 6.07) is 11.0. The number of ether oxygens (including phenoxy) is 2. The first-order valence-electron chi connectivity index (χ1n) is 8.45. The SMILES string of the molecule is COc1ccc(NC(=O)C(C)N2C(=O)COc3ccc(C(C)=O)cc32)cc1. The lowest BCUT2D eigenvalue weighted by atomic mass is 10.1. The van der Waals surface area contributed by atoms with Gasteiger partial charge in [0.2, 0.25) is 5.91 Å². The first-order valence-corrected chi connectivity index (χ1v) is 8.45. The minimum atomic E-state index is -0.788. The Morgan fingerprint density at radius 2 is 1.89 bits per heavy atom. The third kappa shape index (κ3) is 3.76. The molecular weight excluding hydrogens is 348 g/mol. The van der Waals surface area contributed by atoms with Crippen LogP contribution in [-0.2, 0) is 9.59 Å². The predicted molar refractivity (Wildman–Crippen MR) is 101 cm³/mol. The van der Waals surface area contributed by atoms with Gasteiger partial charge in [-0.2, -0.15) is 0 Å². The summed E-state index contributed by atoms with van der Waals surface area (Å²) < 4.78 is 10.5. The minimum Gasteiger partial charge on any atom is -0.497 e. The number of fused-ring (bicyclic) bond motifs is 1. The largest absolute Gasteiger partial charge is 0.497 e. The van der Waals surface area contributed by atoms with E-state index in [1.807, 2.05) is 0 Å². The van der Waals surface area contributed by atoms with Crippen molar-refractivity contribution in [1.82, 2.24) is 0 Å². The molecule has 0 fully saturated rings. The van der Waals surface area contributed by atoms with E-state index < -0.39 is 6.04 Å². The van der Waals surface area contributed by atoms with Crippen LogP contribution in [0.25, 0.3) is 0 Å². The molecule has 1 aliphatic heterocycles. The molecule has 1 atom stereocenters. The summed E-state index contributed by atoms with van der Waals surface area (Å²) in [5, 5.41) is 2.78. The Morgan fingerprint density at radius 1 is 1.19 bits per heavy atom. The van der Waals surface area contributed by atoms with Gasteiger partial charge in [0.05, 0.1) is 12.8 Å². The smallest absolute Gasteiger partial charge is 0.265 e. The molecule has 0 saturated heterocycles. The maximum Gasteiger partial charge on any atom is 0.265 e. The van der Waals surface area contributed by atoms with E-state index in [1.54, 1.807) is 56.5 Å². The molecule has 0 saturated carbocycles. The lowest BCUT2D eigenvalue weighted by Crippen LogP contribution is -2.49. The van der Waals surface area contributed by atoms with Crippen LogP contribution in [-0.4, -0.2) is 37.4 Å². The van der Waals surface area contributed by atoms with Crippen LogP contribution in [0.15, 0.2) is 42.5 Å². The summed E-state index contributed by atoms with van der Waals surface area (Å²) in [7, 11) is 1.56. The van der Waals surface area contributed by atoms with Crippen LogP contribution in [0, 0.1) is 0 Å². The van der Waals surface area contributed by atoms with Gasteiger partial charge in [-0.05, 0) is 56.3 Å². The van der Waals surface area contributed by atoms with Crippen molar-refractivity contribution < 1.29 is 23.9 Å². The van der Waals surface area contributed by atoms with E-state index in [1.165, 1.54) is 11.8 Å². The Hall–Kier alpha value is -3.35. The molecule has 0 aliphatic carbocycles. The molecule has 7 nitrogen and oxygen atoms in total. The standard InChI is InChI=1S/C20H20N2O5/c1-12(20(25)21-15-5-7-16(26-3)8-6-15)22-17-10-14(13(2)23)4-9-18(17)27-11-19(22)24/h4-10,12H,11H2,1-3H3,(H,21,25). The Bertz CT molecular complexity index is 892. The average molecular weight is 368 g/mol. The number of nitrogens with zero attached hydrogens (tertiary/aromatic N) is 1. The quantitative estimate of drug-likeness (QED) is 0.820. The molecule has 3 rings (SSSR count). The van der Waals surface area contributed by atoms with Crippen molar-refractivity contribution in [2.24, 2.45) is 0 Å². The molecule has 2 amide bonds. The fourth-order valence-electron chi connectivity index (χ4n) is 2.85. The maximum atomic E-state index is 12.7. The number of Topliss-reactive ketones (excluding diaryl/α,β-unsaturated/α-hetero) is 1. The number of carbonyl (C=O) groups excluding carboxylic acids is 3. The molecule has 1 heterocycles. The number of carbonyl (C=O) groups is 3. The van der Waals surface area contributed by atoms with Gasteiger partial charge in [-0.3, -0.25) is 19.3 Å². The molecule has 0 spiro atoms. The second-order valence-electron chi connectivity index (χ2n) is 6.18. The van der Waals surface area contributed by atoms with Gasteiger partial charge < -0.3 is 14.8 Å². The van der Waals surface area contributed by atoms with E-state index >= 15 is 0 Å². The Kier molecular flexibility index (Phi) is 5.12. The van der Waals surface area contributed by atoms with Crippen molar-refractivity contribution in [2.75, 3.05) is 23.9 Å². The zero-order valence-electron chi connectivity index (χ0n) is 15.3. The molecule has 2 aromatic carbocycles. The van der Waals surface area contributed by atoms with Crippen molar-refractivity contribution in [3.63, 3.8) is 0 Å². The highest BCUT2D eigenvalue weighted by molar-refractivity contribution is 6.07. The predicted octanol–water partition coefficient (Wildman–Crippen LogP) is 2.65. The molecule has 0 aromatic heterocycles. The van der Waals surface area contributed by atoms with E-state index in [0.29, 0.717) is 28.4 Å². The van der Waals surface area contributed by atoms with Gasteiger partial charge in [-0.15, -0.1) is 0 Å². The van der Waals surface area contributed by atoms with E-state index in [4.69, 9.17) is 9.47 Å². The van der Waals surface area contributed by atoms with Gasteiger partial charge >= 0.3 is 0 Å². The fourth-order valence-corrected chi connectivity index (χ4v) is 2.85. The minimum absolute atomic E-state index is 0.133. The molecule has 27 heavy (non-hydrogen) atoms. The zero-order chi connectivity index (χ0) is 19.6. The van der Waals surface area contributed by atoms with Crippen molar-refractivity contribution in [3.8, 4) is 11.5 Å². The van der Waals surface area contributed by atoms with Gasteiger partial charge in [0.1, 0.15) is 17.5 Å². The van der Waals surface area contributed by atoms with E-state index in [9.17, 15) is 14.4 Å². The molecule has 1 unspecified atom stereocenters. The van der Waals surface area contributed by atoms with Crippen LogP contribution < -0.4 is 19.7 Å². The summed E-state index contributed by atoms with van der Waals surface area (Å²) in [5.41, 5.74) is 1.45. The van der Waals surface area contributed by atoms with Gasteiger partial charge in [-0.1, -0.05) is 0 Å². The van der Waals surface area contributed by atoms with Crippen LogP contribution in [0.5, 0.6) is 11.5 Å². The second kappa shape index (κ2) is 7.49. The van der Waals surface area contributed by atoms with Crippen molar-refractivity contribution in [2.45, 2.75) is 19.9 Å². The summed E-state index contributed by atoms with van der Waals surface area (Å²) in [6.07, 6.45) is 0. The van der Waals surface area contributed by atoms with Crippen molar-refractivity contribution >= 4 is 29.0 Å². The normalized spacial score (nSPS) is 14.0. The summed E-state index contributed by atoms with van der Waals surface area (Å²) in [6.45, 7) is 2.91. The van der Waals surface area contributed by atoms with Gasteiger partial charge in [-0.25, -0.2) is 0 Å². The number of hydrogen-bond acceptors (Lipinski definition) is 5. The Balaban J connectivity index is 1.85. The second-order valence-corrected chi connectivity index (χ2v) is 6.18. The molecule has 0 radical (unpaired) electrons. The van der Waals surface area contributed by atoms with Crippen molar-refractivity contribution in [3.05, 3.63) is 48.0 Å². The number of nitrogens with one attached hydrogen (secondary N) is 1. The van der Waals surface area contributed by atoms with Crippen LogP contribution >= 0.6 is 0 Å². The molecule has 1 N–H and O–H groups in total. The number of amides is 2. The van der Waals surface area contributed by atoms with Crippen LogP contribution in [0.3, 0.4) is 0 Å². The number of hydrogen-bond donors (Lipinski definition) is 1. The van der Waals surface area contributed by atoms with Gasteiger partial charge in [0, 0.05) is 11.3 Å². The molecular formula is C20H20N2O5. The number of benzene rings is 2. The first kappa shape index (κ1) is 18.4. The lowest BCUT2D eigenvalue weighted by Gasteiger charge is -2.33. The molecule has 1 aliphatic rings. The maximum absolute atomic E-state index is 12.7. The van der Waals surface area contributed by atoms with E-state index in [-0.39, 0.29) is 24.2 Å². The molecule has 140 valence electrons. The van der Waals surface area contributed by atoms with Crippen LogP contribution in [0.2, 0.25) is 0 Å². The Labute approximate surface area is 156 Å². The molecule has 0 bridgehead atoms. The number of ketones is 1. The highest BCUT2D eigenvalue weighted by Gasteiger charge is 2.33. The van der Waals surface area contributed by atoms with Crippen molar-refractivity contribution in [1.29, 1.82) is 0 Å². The van der Waals surface area contributed by atoms with Gasteiger partial charge in [0.15, 0.2) is 12.4 Å². The third-order valence-electron chi connectivity index (χ3n) is 4.37. The number of anilines is 2. The Morgan fingerprint density at radius 3 is 2.52 bits per heavy atom.